The van der Waals surface area contributed by atoms with E-state index >= 15 is 0 Å². The molecule has 1 aliphatic rings. The topological polar surface area (TPSA) is 74.4 Å². The van der Waals surface area contributed by atoms with Gasteiger partial charge in [0.15, 0.2) is 0 Å². The quantitative estimate of drug-likeness (QED) is 0.829. The summed E-state index contributed by atoms with van der Waals surface area (Å²) in [5.74, 6) is 0. The van der Waals surface area contributed by atoms with E-state index in [1.807, 2.05) is 4.98 Å². The minimum Gasteiger partial charge on any atom is -0.369 e. The summed E-state index contributed by atoms with van der Waals surface area (Å²) in [7, 11) is 0. The molecule has 2 heterocycles. The van der Waals surface area contributed by atoms with E-state index in [0.717, 1.165) is 0 Å². The first kappa shape index (κ1) is 17.3. The number of urea groups is 1. The number of carbonyl (C=O) groups is 1. The molecule has 2 N–H and O–H groups in total. The number of ether oxygens (including phenoxy) is 1. The Bertz CT molecular complexity index is 655. The summed E-state index contributed by atoms with van der Waals surface area (Å²) in [6, 6.07) is -0.0239. The Hall–Kier alpha value is -2.03. The maximum absolute atomic E-state index is 12.7. The van der Waals surface area contributed by atoms with E-state index in [1.165, 1.54) is 4.90 Å². The number of hydrogen-bond donors (Lipinski definition) is 2. The molecule has 1 aliphatic heterocycles. The monoisotopic (exact) mass is 333 g/mol. The van der Waals surface area contributed by atoms with Gasteiger partial charge >= 0.3 is 12.2 Å². The van der Waals surface area contributed by atoms with Gasteiger partial charge in [0.1, 0.15) is 5.69 Å². The van der Waals surface area contributed by atoms with Gasteiger partial charge in [0, 0.05) is 12.7 Å². The van der Waals surface area contributed by atoms with Crippen LogP contribution in [0.2, 0.25) is 0 Å². The molecule has 6 nitrogen and oxygen atoms in total. The molecule has 0 bridgehead atoms. The van der Waals surface area contributed by atoms with Crippen LogP contribution in [0.5, 0.6) is 0 Å². The summed E-state index contributed by atoms with van der Waals surface area (Å²) in [6.45, 7) is 5.95. The second-order valence-corrected chi connectivity index (χ2v) is 6.13. The van der Waals surface area contributed by atoms with Crippen molar-refractivity contribution in [3.05, 3.63) is 28.2 Å². The van der Waals surface area contributed by atoms with Gasteiger partial charge in [-0.1, -0.05) is 0 Å². The highest BCUT2D eigenvalue weighted by atomic mass is 19.4. The zero-order valence-corrected chi connectivity index (χ0v) is 13.0. The van der Waals surface area contributed by atoms with Crippen molar-refractivity contribution in [2.45, 2.75) is 38.7 Å². The second kappa shape index (κ2) is 5.88. The average molecular weight is 333 g/mol. The first-order chi connectivity index (χ1) is 10.5. The first-order valence-corrected chi connectivity index (χ1v) is 7.01. The molecule has 1 aromatic heterocycles. The average Bonchev–Trinajstić information content (AvgIpc) is 2.37. The molecule has 23 heavy (non-hydrogen) atoms. The molecule has 1 unspecified atom stereocenters. The van der Waals surface area contributed by atoms with Crippen molar-refractivity contribution in [2.24, 2.45) is 0 Å². The predicted molar refractivity (Wildman–Crippen MR) is 77.3 cm³/mol. The maximum Gasteiger partial charge on any atom is 0.417 e. The molecule has 1 saturated heterocycles. The number of amides is 2. The van der Waals surface area contributed by atoms with Gasteiger partial charge < -0.3 is 19.9 Å². The van der Waals surface area contributed by atoms with Crippen LogP contribution >= 0.6 is 0 Å². The van der Waals surface area contributed by atoms with Gasteiger partial charge in [0.2, 0.25) is 0 Å². The molecule has 0 spiro atoms. The fourth-order valence-corrected chi connectivity index (χ4v) is 2.54. The zero-order chi connectivity index (χ0) is 17.4. The van der Waals surface area contributed by atoms with Gasteiger partial charge in [-0.15, -0.1) is 0 Å². The number of alkyl halides is 3. The lowest BCUT2D eigenvalue weighted by Gasteiger charge is -2.41. The lowest BCUT2D eigenvalue weighted by atomic mass is 10.1. The summed E-state index contributed by atoms with van der Waals surface area (Å²) < 4.78 is 43.7. The number of morpholine rings is 1. The number of H-pyrrole nitrogens is 1. The molecule has 0 radical (unpaired) electrons. The smallest absolute Gasteiger partial charge is 0.369 e. The molecule has 9 heteroatoms. The first-order valence-electron chi connectivity index (χ1n) is 7.01. The predicted octanol–water partition coefficient (Wildman–Crippen LogP) is 2.42. The van der Waals surface area contributed by atoms with E-state index in [9.17, 15) is 22.8 Å². The van der Waals surface area contributed by atoms with Gasteiger partial charge in [0.05, 0.1) is 23.8 Å². The number of carbonyl (C=O) groups excluding carboxylic acids is 1. The molecule has 128 valence electrons. The van der Waals surface area contributed by atoms with Crippen LogP contribution < -0.4 is 10.9 Å². The van der Waals surface area contributed by atoms with Crippen LogP contribution in [-0.2, 0) is 10.9 Å². The molecule has 2 amide bonds. The minimum atomic E-state index is -4.61. The number of aromatic amines is 1. The van der Waals surface area contributed by atoms with Crippen LogP contribution in [0.3, 0.4) is 0 Å². The Kier molecular flexibility index (Phi) is 4.43. The second-order valence-electron chi connectivity index (χ2n) is 6.13. The molecule has 0 saturated carbocycles. The maximum atomic E-state index is 12.7. The molecule has 1 atom stereocenters. The Balaban J connectivity index is 2.19. The fraction of sp³-hybridized carbons (Fsp3) is 0.571. The lowest BCUT2D eigenvalue weighted by Crippen LogP contribution is -2.55. The molecule has 0 aliphatic carbocycles. The molecule has 0 aromatic carbocycles. The SMILES string of the molecule is CC1CN(C(=O)Nc2cc(C(F)(F)F)c[nH]c2=O)CC(C)(C)O1. The van der Waals surface area contributed by atoms with Crippen molar-refractivity contribution in [2.75, 3.05) is 18.4 Å². The summed E-state index contributed by atoms with van der Waals surface area (Å²) in [4.78, 5) is 27.3. The summed E-state index contributed by atoms with van der Waals surface area (Å²) in [6.07, 6.45) is -4.26. The van der Waals surface area contributed by atoms with E-state index in [2.05, 4.69) is 5.32 Å². The third kappa shape index (κ3) is 4.25. The molecule has 2 rings (SSSR count). The van der Waals surface area contributed by atoms with Gasteiger partial charge in [0.25, 0.3) is 5.56 Å². The van der Waals surface area contributed by atoms with E-state index in [4.69, 9.17) is 4.74 Å². The number of anilines is 1. The van der Waals surface area contributed by atoms with Crippen molar-refractivity contribution in [1.82, 2.24) is 9.88 Å². The van der Waals surface area contributed by atoms with Crippen LogP contribution in [0.15, 0.2) is 17.1 Å². The van der Waals surface area contributed by atoms with Gasteiger partial charge in [-0.25, -0.2) is 4.79 Å². The van der Waals surface area contributed by atoms with Crippen LogP contribution in [-0.4, -0.2) is 40.7 Å². The molecule has 1 aromatic rings. The largest absolute Gasteiger partial charge is 0.417 e. The third-order valence-electron chi connectivity index (χ3n) is 3.33. The molecular formula is C14H18F3N3O3. The van der Waals surface area contributed by atoms with E-state index in [1.54, 1.807) is 20.8 Å². The van der Waals surface area contributed by atoms with Crippen molar-refractivity contribution in [3.8, 4) is 0 Å². The summed E-state index contributed by atoms with van der Waals surface area (Å²) in [5, 5.41) is 2.24. The zero-order valence-electron chi connectivity index (χ0n) is 13.0. The van der Waals surface area contributed by atoms with Crippen LogP contribution in [0.1, 0.15) is 26.3 Å². The molecular weight excluding hydrogens is 315 g/mol. The Morgan fingerprint density at radius 1 is 1.48 bits per heavy atom. The Labute approximate surface area is 130 Å². The minimum absolute atomic E-state index is 0.218. The fourth-order valence-electron chi connectivity index (χ4n) is 2.54. The van der Waals surface area contributed by atoms with Crippen LogP contribution in [0, 0.1) is 0 Å². The Morgan fingerprint density at radius 2 is 2.13 bits per heavy atom. The number of pyridine rings is 1. The van der Waals surface area contributed by atoms with Crippen molar-refractivity contribution in [3.63, 3.8) is 0 Å². The standard InChI is InChI=1S/C14H18F3N3O3/c1-8-6-20(7-13(2,3)23-8)12(22)19-10-4-9(14(15,16)17)5-18-11(10)21/h4-5,8H,6-7H2,1-3H3,(H,18,21)(H,19,22). The highest BCUT2D eigenvalue weighted by Crippen LogP contribution is 2.29. The number of halogens is 3. The van der Waals surface area contributed by atoms with E-state index in [0.29, 0.717) is 12.3 Å². The normalized spacial score (nSPS) is 21.1. The third-order valence-corrected chi connectivity index (χ3v) is 3.33. The lowest BCUT2D eigenvalue weighted by molar-refractivity contribution is -0.137. The molecule has 1 fully saturated rings. The van der Waals surface area contributed by atoms with Gasteiger partial charge in [-0.3, -0.25) is 4.79 Å². The van der Waals surface area contributed by atoms with Crippen molar-refractivity contribution < 1.29 is 22.7 Å². The van der Waals surface area contributed by atoms with E-state index in [-0.39, 0.29) is 19.2 Å². The number of rotatable bonds is 1. The van der Waals surface area contributed by atoms with Gasteiger partial charge in [-0.05, 0) is 26.8 Å². The van der Waals surface area contributed by atoms with E-state index < -0.39 is 34.6 Å². The van der Waals surface area contributed by atoms with Gasteiger partial charge in [-0.2, -0.15) is 13.2 Å². The highest BCUT2D eigenvalue weighted by molar-refractivity contribution is 5.89. The number of hydrogen-bond acceptors (Lipinski definition) is 3. The Morgan fingerprint density at radius 3 is 2.70 bits per heavy atom. The summed E-state index contributed by atoms with van der Waals surface area (Å²) in [5.41, 5.74) is -2.85. The highest BCUT2D eigenvalue weighted by Gasteiger charge is 2.35. The van der Waals surface area contributed by atoms with Crippen LogP contribution in [0.25, 0.3) is 0 Å². The number of nitrogens with one attached hydrogen (secondary N) is 2. The number of aromatic nitrogens is 1. The van der Waals surface area contributed by atoms with Crippen molar-refractivity contribution in [1.29, 1.82) is 0 Å². The number of nitrogens with zero attached hydrogens (tertiary/aromatic N) is 1. The summed E-state index contributed by atoms with van der Waals surface area (Å²) >= 11 is 0. The van der Waals surface area contributed by atoms with Crippen molar-refractivity contribution >= 4 is 11.7 Å². The van der Waals surface area contributed by atoms with Crippen LogP contribution in [0.4, 0.5) is 23.7 Å².